The lowest BCUT2D eigenvalue weighted by Crippen LogP contribution is -2.08. The number of aromatic nitrogens is 2. The zero-order valence-corrected chi connectivity index (χ0v) is 27.1. The van der Waals surface area contributed by atoms with E-state index in [2.05, 4.69) is 22.8 Å². The number of para-hydroxylation sites is 4. The van der Waals surface area contributed by atoms with Crippen LogP contribution in [0.5, 0.6) is 0 Å². The number of rotatable bonds is 6. The van der Waals surface area contributed by atoms with Crippen LogP contribution in [0.1, 0.15) is 82.4 Å². The summed E-state index contributed by atoms with van der Waals surface area (Å²) in [6.07, 6.45) is -1.46. The van der Waals surface area contributed by atoms with Crippen molar-refractivity contribution < 1.29 is 9.90 Å². The van der Waals surface area contributed by atoms with Crippen molar-refractivity contribution in [1.29, 1.82) is 0 Å². The molecule has 0 aliphatic rings. The Hall–Kier alpha value is -4.63. The Morgan fingerprint density at radius 2 is 1.42 bits per heavy atom. The van der Waals surface area contributed by atoms with Gasteiger partial charge in [-0.25, -0.2) is 4.98 Å². The molecule has 0 bridgehead atoms. The van der Waals surface area contributed by atoms with Gasteiger partial charge in [0.25, 0.3) is 0 Å². The molecule has 0 aliphatic heterocycles. The predicted octanol–water partition coefficient (Wildman–Crippen LogP) is 12.1. The van der Waals surface area contributed by atoms with Gasteiger partial charge in [0, 0.05) is 16.3 Å². The molecule has 0 spiro atoms. The first-order valence-corrected chi connectivity index (χ1v) is 15.7. The minimum Gasteiger partial charge on any atom is -0.455 e. The van der Waals surface area contributed by atoms with E-state index in [-0.39, 0.29) is 0 Å². The maximum Gasteiger partial charge on any atom is 0.149 e. The monoisotopic (exact) mass is 594 g/mol. The maximum absolute atomic E-state index is 9.13. The molecule has 45 heavy (non-hydrogen) atoms. The van der Waals surface area contributed by atoms with Gasteiger partial charge in [-0.3, -0.25) is 4.57 Å². The van der Waals surface area contributed by atoms with Crippen molar-refractivity contribution in [3.8, 4) is 28.2 Å². The summed E-state index contributed by atoms with van der Waals surface area (Å²) in [5.74, 6) is -1.18. The molecule has 0 aliphatic carbocycles. The van der Waals surface area contributed by atoms with Gasteiger partial charge in [0.1, 0.15) is 17.0 Å². The Morgan fingerprint density at radius 1 is 0.756 bits per heavy atom. The van der Waals surface area contributed by atoms with Crippen LogP contribution in [0.3, 0.4) is 0 Å². The largest absolute Gasteiger partial charge is 0.455 e. The fourth-order valence-electron chi connectivity index (χ4n) is 6.36. The highest BCUT2D eigenvalue weighted by Gasteiger charge is 2.24. The minimum absolute atomic E-state index is 0.529. The Balaban J connectivity index is 1.44. The van der Waals surface area contributed by atoms with Crippen LogP contribution in [0.2, 0.25) is 0 Å². The smallest absolute Gasteiger partial charge is 0.149 e. The molecule has 2 heterocycles. The van der Waals surface area contributed by atoms with Crippen LogP contribution in [-0.2, 0) is 6.37 Å². The lowest BCUT2D eigenvalue weighted by atomic mass is 9.87. The predicted molar refractivity (Wildman–Crippen MR) is 191 cm³/mol. The van der Waals surface area contributed by atoms with Crippen molar-refractivity contribution >= 4 is 33.0 Å². The van der Waals surface area contributed by atoms with E-state index in [9.17, 15) is 0 Å². The van der Waals surface area contributed by atoms with E-state index in [0.717, 1.165) is 60.9 Å². The zero-order valence-electron chi connectivity index (χ0n) is 31.1. The summed E-state index contributed by atoms with van der Waals surface area (Å²) >= 11 is 0. The van der Waals surface area contributed by atoms with Crippen LogP contribution in [0.15, 0.2) is 108 Å². The van der Waals surface area contributed by atoms with E-state index in [1.807, 2.05) is 133 Å². The molecule has 0 unspecified atom stereocenters. The first kappa shape index (κ1) is 24.7. The SMILES string of the molecule is [2H]C(C)(C)c1cccc(C([2H])(C)C)c1-n1c(-c2cccc3c2oc2cc(-c4ccc(C([2H])([2H])C(C)(C)C)cc4)ccc23)nc2ccccc21. The van der Waals surface area contributed by atoms with Gasteiger partial charge < -0.3 is 4.42 Å². The molecular formula is C42H42N2O. The van der Waals surface area contributed by atoms with Crippen LogP contribution in [0.4, 0.5) is 0 Å². The summed E-state index contributed by atoms with van der Waals surface area (Å²) in [5, 5.41) is 1.96. The second-order valence-electron chi connectivity index (χ2n) is 13.4. The zero-order chi connectivity index (χ0) is 35.1. The molecular weight excluding hydrogens is 548 g/mol. The molecule has 226 valence electrons. The van der Waals surface area contributed by atoms with Crippen molar-refractivity contribution in [1.82, 2.24) is 9.55 Å². The molecule has 0 N–H and O–H groups in total. The summed E-state index contributed by atoms with van der Waals surface area (Å²) in [6.45, 7) is 13.3. The third-order valence-corrected chi connectivity index (χ3v) is 8.38. The standard InChI is InChI=1S/C42H42N2O/c1-26(2)31-12-10-13-32(27(3)4)39(31)44-37-17-9-8-16-36(37)43-41(44)35-15-11-14-34-33-23-22-30(24-38(33)45-40(34)35)29-20-18-28(19-21-29)25-42(5,6)7/h8-24,26-27H,25H2,1-7H3/i25D2,26D,27D. The number of benzene rings is 5. The van der Waals surface area contributed by atoms with Crippen LogP contribution in [0.25, 0.3) is 61.2 Å². The number of hydrogen-bond acceptors (Lipinski definition) is 2. The fourth-order valence-corrected chi connectivity index (χ4v) is 6.36. The Kier molecular flexibility index (Phi) is 6.07. The average Bonchev–Trinajstić information content (AvgIpc) is 3.61. The van der Waals surface area contributed by atoms with Crippen molar-refractivity contribution in [2.24, 2.45) is 5.41 Å². The molecule has 0 saturated carbocycles. The Bertz CT molecular complexity index is 2330. The van der Waals surface area contributed by atoms with Gasteiger partial charge >= 0.3 is 0 Å². The average molecular weight is 595 g/mol. The highest BCUT2D eigenvalue weighted by Crippen LogP contribution is 2.41. The van der Waals surface area contributed by atoms with Gasteiger partial charge in [0.15, 0.2) is 0 Å². The molecule has 2 aromatic heterocycles. The third-order valence-electron chi connectivity index (χ3n) is 8.38. The van der Waals surface area contributed by atoms with Gasteiger partial charge in [0.05, 0.1) is 22.3 Å². The van der Waals surface area contributed by atoms with Crippen molar-refractivity contribution in [3.05, 3.63) is 120 Å². The number of furan rings is 1. The van der Waals surface area contributed by atoms with Crippen LogP contribution in [0, 0.1) is 5.41 Å². The number of fused-ring (bicyclic) bond motifs is 4. The fraction of sp³-hybridized carbons (Fsp3) is 0.262. The Labute approximate surface area is 272 Å². The highest BCUT2D eigenvalue weighted by molar-refractivity contribution is 6.10. The molecule has 3 heteroatoms. The van der Waals surface area contributed by atoms with Gasteiger partial charge in [0.2, 0.25) is 0 Å². The summed E-state index contributed by atoms with van der Waals surface area (Å²) in [6, 6.07) is 34.0. The van der Waals surface area contributed by atoms with E-state index >= 15 is 0 Å². The third kappa shape index (κ3) is 5.25. The second-order valence-corrected chi connectivity index (χ2v) is 13.4. The summed E-state index contributed by atoms with van der Waals surface area (Å²) in [7, 11) is 0. The first-order valence-electron chi connectivity index (χ1n) is 17.7. The van der Waals surface area contributed by atoms with E-state index in [4.69, 9.17) is 14.9 Å². The molecule has 7 rings (SSSR count). The lowest BCUT2D eigenvalue weighted by Gasteiger charge is -2.22. The molecule has 7 aromatic rings. The van der Waals surface area contributed by atoms with Crippen molar-refractivity contribution in [2.75, 3.05) is 0 Å². The van der Waals surface area contributed by atoms with E-state index in [1.165, 1.54) is 0 Å². The summed E-state index contributed by atoms with van der Waals surface area (Å²) in [4.78, 5) is 5.19. The summed E-state index contributed by atoms with van der Waals surface area (Å²) < 4.78 is 44.4. The number of hydrogen-bond donors (Lipinski definition) is 0. The Morgan fingerprint density at radius 3 is 2.11 bits per heavy atom. The highest BCUT2D eigenvalue weighted by atomic mass is 16.3. The van der Waals surface area contributed by atoms with Gasteiger partial charge in [-0.05, 0) is 81.7 Å². The van der Waals surface area contributed by atoms with Crippen molar-refractivity contribution in [3.63, 3.8) is 0 Å². The molecule has 0 radical (unpaired) electrons. The van der Waals surface area contributed by atoms with Gasteiger partial charge in [-0.15, -0.1) is 0 Å². The lowest BCUT2D eigenvalue weighted by molar-refractivity contribution is 0.411. The normalized spacial score (nSPS) is 14.5. The van der Waals surface area contributed by atoms with E-state index < -0.39 is 23.6 Å². The van der Waals surface area contributed by atoms with Gasteiger partial charge in [-0.2, -0.15) is 0 Å². The van der Waals surface area contributed by atoms with E-state index in [0.29, 0.717) is 17.0 Å². The quantitative estimate of drug-likeness (QED) is 0.192. The topological polar surface area (TPSA) is 31.0 Å². The maximum atomic E-state index is 9.13. The molecule has 3 nitrogen and oxygen atoms in total. The van der Waals surface area contributed by atoms with Crippen LogP contribution < -0.4 is 0 Å². The first-order chi connectivity index (χ1) is 23.0. The van der Waals surface area contributed by atoms with Crippen LogP contribution in [-0.4, -0.2) is 9.55 Å². The molecule has 0 atom stereocenters. The number of imidazole rings is 1. The van der Waals surface area contributed by atoms with E-state index in [1.54, 1.807) is 0 Å². The minimum atomic E-state index is -1.46. The van der Waals surface area contributed by atoms with Crippen LogP contribution >= 0.6 is 0 Å². The molecule has 0 amide bonds. The molecule has 0 fully saturated rings. The molecule has 5 aromatic carbocycles. The number of nitrogens with zero attached hydrogens (tertiary/aromatic N) is 2. The second kappa shape index (κ2) is 11.1. The van der Waals surface area contributed by atoms with Crippen molar-refractivity contribution in [2.45, 2.75) is 66.6 Å². The summed E-state index contributed by atoms with van der Waals surface area (Å²) in [5.41, 5.74) is 8.55. The van der Waals surface area contributed by atoms with Gasteiger partial charge in [-0.1, -0.05) is 121 Å². The molecule has 0 saturated heterocycles.